The minimum atomic E-state index is -0.484. The van der Waals surface area contributed by atoms with Crippen LogP contribution in [0.2, 0.25) is 0 Å². The highest BCUT2D eigenvalue weighted by atomic mass is 16.3. The third-order valence-corrected chi connectivity index (χ3v) is 5.13. The fourth-order valence-electron chi connectivity index (χ4n) is 3.50. The molecule has 0 aromatic heterocycles. The maximum atomic E-state index is 10.6. The smallest absolute Gasteiger partial charge is 0.0681 e. The normalized spacial score (nSPS) is 15.8. The van der Waals surface area contributed by atoms with Crippen molar-refractivity contribution < 1.29 is 5.11 Å². The number of nitrogens with zero attached hydrogens (tertiary/aromatic N) is 1. The van der Waals surface area contributed by atoms with Gasteiger partial charge in [-0.25, -0.2) is 0 Å². The Morgan fingerprint density at radius 2 is 1.58 bits per heavy atom. The Bertz CT molecular complexity index is 788. The van der Waals surface area contributed by atoms with Gasteiger partial charge in [-0.1, -0.05) is 62.1 Å². The molecule has 0 unspecified atom stereocenters. The molecule has 2 aromatic carbocycles. The lowest BCUT2D eigenvalue weighted by Crippen LogP contribution is -2.43. The Balaban J connectivity index is 1.62. The lowest BCUT2D eigenvalue weighted by atomic mass is 9.87. The fraction of sp³-hybridized carbons (Fsp3) is 0.333. The van der Waals surface area contributed by atoms with Gasteiger partial charge in [0.05, 0.1) is 5.60 Å². The van der Waals surface area contributed by atoms with Crippen LogP contribution in [0.5, 0.6) is 0 Å². The number of benzene rings is 2. The Morgan fingerprint density at radius 1 is 1.00 bits per heavy atom. The summed E-state index contributed by atoms with van der Waals surface area (Å²) in [6.07, 6.45) is 3.56. The molecular weight excluding hydrogens is 318 g/mol. The number of likely N-dealkylation sites (tertiary alicyclic amines) is 1. The van der Waals surface area contributed by atoms with Crippen molar-refractivity contribution in [2.24, 2.45) is 0 Å². The van der Waals surface area contributed by atoms with Gasteiger partial charge in [-0.15, -0.1) is 0 Å². The highest BCUT2D eigenvalue weighted by molar-refractivity contribution is 5.63. The number of aliphatic hydroxyl groups is 1. The van der Waals surface area contributed by atoms with Crippen LogP contribution < -0.4 is 0 Å². The summed E-state index contributed by atoms with van der Waals surface area (Å²) < 4.78 is 0. The second-order valence-electron chi connectivity index (χ2n) is 7.10. The molecule has 1 heterocycles. The number of rotatable bonds is 4. The van der Waals surface area contributed by atoms with E-state index >= 15 is 0 Å². The van der Waals surface area contributed by atoms with Crippen molar-refractivity contribution >= 4 is 5.70 Å². The summed E-state index contributed by atoms with van der Waals surface area (Å²) in [6, 6.07) is 18.3. The van der Waals surface area contributed by atoms with Crippen molar-refractivity contribution in [3.63, 3.8) is 0 Å². The van der Waals surface area contributed by atoms with Gasteiger partial charge >= 0.3 is 0 Å². The largest absolute Gasteiger partial charge is 0.390 e. The molecule has 0 spiro atoms. The highest BCUT2D eigenvalue weighted by Crippen LogP contribution is 2.30. The molecule has 3 rings (SSSR count). The van der Waals surface area contributed by atoms with Crippen LogP contribution in [-0.4, -0.2) is 28.7 Å². The average molecular weight is 345 g/mol. The van der Waals surface area contributed by atoms with Crippen LogP contribution in [0.25, 0.3) is 5.70 Å². The van der Waals surface area contributed by atoms with Gasteiger partial charge in [0, 0.05) is 29.9 Å². The highest BCUT2D eigenvalue weighted by Gasteiger charge is 2.31. The topological polar surface area (TPSA) is 23.5 Å². The zero-order valence-electron chi connectivity index (χ0n) is 15.5. The van der Waals surface area contributed by atoms with Crippen molar-refractivity contribution in [3.8, 4) is 11.8 Å². The van der Waals surface area contributed by atoms with Crippen LogP contribution in [0.3, 0.4) is 0 Å². The molecule has 0 bridgehead atoms. The third-order valence-electron chi connectivity index (χ3n) is 5.13. The lowest BCUT2D eigenvalue weighted by molar-refractivity contribution is -0.0167. The molecule has 2 aromatic rings. The van der Waals surface area contributed by atoms with E-state index in [1.807, 2.05) is 42.5 Å². The molecule has 26 heavy (non-hydrogen) atoms. The van der Waals surface area contributed by atoms with Gasteiger partial charge in [0.2, 0.25) is 0 Å². The molecule has 1 N–H and O–H groups in total. The zero-order chi connectivity index (χ0) is 18.4. The predicted octanol–water partition coefficient (Wildman–Crippen LogP) is 4.68. The van der Waals surface area contributed by atoms with E-state index in [2.05, 4.69) is 42.4 Å². The van der Waals surface area contributed by atoms with E-state index in [9.17, 15) is 5.11 Å². The van der Waals surface area contributed by atoms with Gasteiger partial charge < -0.3 is 10.0 Å². The maximum Gasteiger partial charge on any atom is 0.0681 e. The summed E-state index contributed by atoms with van der Waals surface area (Å²) in [5.74, 6) is 6.39. The Kier molecular flexibility index (Phi) is 5.81. The molecule has 2 heteroatoms. The quantitative estimate of drug-likeness (QED) is 0.813. The van der Waals surface area contributed by atoms with E-state index in [1.165, 1.54) is 0 Å². The molecule has 0 saturated carbocycles. The molecule has 0 aliphatic carbocycles. The molecule has 2 nitrogen and oxygen atoms in total. The van der Waals surface area contributed by atoms with Crippen molar-refractivity contribution in [1.29, 1.82) is 0 Å². The minimum absolute atomic E-state index is 0.484. The summed E-state index contributed by atoms with van der Waals surface area (Å²) in [4.78, 5) is 2.29. The average Bonchev–Trinajstić information content (AvgIpc) is 2.68. The first-order chi connectivity index (χ1) is 12.6. The van der Waals surface area contributed by atoms with E-state index < -0.39 is 5.60 Å². The van der Waals surface area contributed by atoms with Crippen LogP contribution in [0, 0.1) is 11.8 Å². The van der Waals surface area contributed by atoms with Crippen LogP contribution >= 0.6 is 0 Å². The van der Waals surface area contributed by atoms with Crippen molar-refractivity contribution in [2.75, 3.05) is 13.1 Å². The molecule has 0 radical (unpaired) electrons. The van der Waals surface area contributed by atoms with Crippen LogP contribution in [0.1, 0.15) is 49.3 Å². The summed E-state index contributed by atoms with van der Waals surface area (Å²) in [5, 5.41) is 10.6. The van der Waals surface area contributed by atoms with Gasteiger partial charge in [0.25, 0.3) is 0 Å². The van der Waals surface area contributed by atoms with E-state index in [-0.39, 0.29) is 0 Å². The van der Waals surface area contributed by atoms with E-state index in [0.717, 1.165) is 61.2 Å². The maximum absolute atomic E-state index is 10.6. The van der Waals surface area contributed by atoms with E-state index in [1.54, 1.807) is 0 Å². The molecule has 134 valence electrons. The Hall–Kier alpha value is -2.50. The first-order valence-electron chi connectivity index (χ1n) is 9.43. The lowest BCUT2D eigenvalue weighted by Gasteiger charge is -2.40. The van der Waals surface area contributed by atoms with Gasteiger partial charge in [0.1, 0.15) is 0 Å². The molecule has 1 aliphatic rings. The molecule has 1 fully saturated rings. The fourth-order valence-corrected chi connectivity index (χ4v) is 3.50. The Morgan fingerprint density at radius 3 is 2.15 bits per heavy atom. The van der Waals surface area contributed by atoms with Crippen LogP contribution in [0.4, 0.5) is 0 Å². The molecular formula is C24H27NO. The second-order valence-corrected chi connectivity index (χ2v) is 7.10. The Labute approximate surface area is 157 Å². The van der Waals surface area contributed by atoms with E-state index in [4.69, 9.17) is 0 Å². The molecule has 1 aliphatic heterocycles. The minimum Gasteiger partial charge on any atom is -0.390 e. The first-order valence-corrected chi connectivity index (χ1v) is 9.43. The number of hydrogen-bond acceptors (Lipinski definition) is 2. The van der Waals surface area contributed by atoms with E-state index in [0.29, 0.717) is 0 Å². The first kappa shape index (κ1) is 18.3. The summed E-state index contributed by atoms with van der Waals surface area (Å²) in [5.41, 5.74) is 3.69. The standard InChI is InChI=1S/C24H27NO/c1-3-15-24(26)16-18-25(19-17-24)20(2)23-13-11-22(12-14-23)10-9-21-7-5-4-6-8-21/h4-8,11-14,26H,2-3,15-19H2,1H3. The van der Waals surface area contributed by atoms with Gasteiger partial charge in [-0.05, 0) is 49.1 Å². The summed E-state index contributed by atoms with van der Waals surface area (Å²) in [7, 11) is 0. The van der Waals surface area contributed by atoms with Crippen LogP contribution in [-0.2, 0) is 0 Å². The van der Waals surface area contributed by atoms with Crippen molar-refractivity contribution in [1.82, 2.24) is 4.90 Å². The predicted molar refractivity (Wildman–Crippen MR) is 109 cm³/mol. The second kappa shape index (κ2) is 8.25. The monoisotopic (exact) mass is 345 g/mol. The zero-order valence-corrected chi connectivity index (χ0v) is 15.5. The summed E-state index contributed by atoms with van der Waals surface area (Å²) >= 11 is 0. The molecule has 0 atom stereocenters. The summed E-state index contributed by atoms with van der Waals surface area (Å²) in [6.45, 7) is 8.14. The third kappa shape index (κ3) is 4.56. The van der Waals surface area contributed by atoms with Gasteiger partial charge in [-0.3, -0.25) is 0 Å². The van der Waals surface area contributed by atoms with Crippen molar-refractivity contribution in [2.45, 2.75) is 38.2 Å². The van der Waals surface area contributed by atoms with Gasteiger partial charge in [0.15, 0.2) is 0 Å². The number of piperidine rings is 1. The number of hydrogen-bond donors (Lipinski definition) is 1. The van der Waals surface area contributed by atoms with Crippen molar-refractivity contribution in [3.05, 3.63) is 77.9 Å². The molecule has 0 amide bonds. The SMILES string of the molecule is C=C(c1ccc(C#Cc2ccccc2)cc1)N1CCC(O)(CCC)CC1. The molecule has 1 saturated heterocycles. The van der Waals surface area contributed by atoms with Gasteiger partial charge in [-0.2, -0.15) is 0 Å². The van der Waals surface area contributed by atoms with Crippen LogP contribution in [0.15, 0.2) is 61.2 Å².